The minimum absolute atomic E-state index is 0.421. The first kappa shape index (κ1) is 15.2. The summed E-state index contributed by atoms with van der Waals surface area (Å²) in [4.78, 5) is 15.3. The third-order valence-corrected chi connectivity index (χ3v) is 3.67. The average Bonchev–Trinajstić information content (AvgIpc) is 2.76. The van der Waals surface area contributed by atoms with E-state index in [1.54, 1.807) is 0 Å². The van der Waals surface area contributed by atoms with E-state index in [2.05, 4.69) is 52.2 Å². The van der Waals surface area contributed by atoms with Crippen molar-refractivity contribution in [2.75, 3.05) is 20.3 Å². The second kappa shape index (κ2) is 6.99. The molecule has 2 aliphatic rings. The highest BCUT2D eigenvalue weighted by atomic mass is 35.5. The smallest absolute Gasteiger partial charge is 0.196 e. The molecule has 1 unspecified atom stereocenters. The zero-order valence-electron chi connectivity index (χ0n) is 12.3. The van der Waals surface area contributed by atoms with Crippen LogP contribution in [0.15, 0.2) is 27.3 Å². The van der Waals surface area contributed by atoms with Gasteiger partial charge in [-0.1, -0.05) is 19.9 Å². The normalized spacial score (nSPS) is 26.2. The molecule has 0 aromatic carbocycles. The molecule has 5 nitrogen and oxygen atoms in total. The average molecular weight is 296 g/mol. The standard InChI is InChI=1S/C14H22ClN5/c1-10(2)13-11(18-9-20(13)3)5-4-7-16-12-6-8-17-14(15)19-12/h4,7,10,13H,5-6,8-9H2,1-3H3,(H,16,17,19)/b7-4+. The lowest BCUT2D eigenvalue weighted by Crippen LogP contribution is -2.36. The Kier molecular flexibility index (Phi) is 5.31. The summed E-state index contributed by atoms with van der Waals surface area (Å²) < 4.78 is 0. The fourth-order valence-corrected chi connectivity index (χ4v) is 2.80. The van der Waals surface area contributed by atoms with E-state index in [0.717, 1.165) is 25.3 Å². The van der Waals surface area contributed by atoms with Crippen molar-refractivity contribution in [2.24, 2.45) is 20.9 Å². The van der Waals surface area contributed by atoms with Crippen molar-refractivity contribution in [1.29, 1.82) is 0 Å². The molecule has 0 bridgehead atoms. The second-order valence-electron chi connectivity index (χ2n) is 5.45. The molecule has 110 valence electrons. The Morgan fingerprint density at radius 2 is 2.30 bits per heavy atom. The maximum atomic E-state index is 5.81. The fourth-order valence-electron chi connectivity index (χ4n) is 2.61. The summed E-state index contributed by atoms with van der Waals surface area (Å²) in [6.45, 7) is 5.97. The number of hydrogen-bond acceptors (Lipinski definition) is 4. The topological polar surface area (TPSA) is 52.4 Å². The molecule has 0 fully saturated rings. The number of allylic oxidation sites excluding steroid dienone is 1. The Morgan fingerprint density at radius 1 is 1.50 bits per heavy atom. The molecule has 2 rings (SSSR count). The summed E-state index contributed by atoms with van der Waals surface area (Å²) in [5.41, 5.74) is 1.25. The molecule has 2 aliphatic heterocycles. The van der Waals surface area contributed by atoms with Crippen LogP contribution in [-0.4, -0.2) is 48.0 Å². The van der Waals surface area contributed by atoms with Crippen LogP contribution in [0.3, 0.4) is 0 Å². The van der Waals surface area contributed by atoms with E-state index >= 15 is 0 Å². The van der Waals surface area contributed by atoms with Crippen molar-refractivity contribution in [2.45, 2.75) is 32.7 Å². The van der Waals surface area contributed by atoms with E-state index < -0.39 is 0 Å². The molecule has 20 heavy (non-hydrogen) atoms. The molecular weight excluding hydrogens is 274 g/mol. The molecule has 0 aromatic heterocycles. The number of hydrogen-bond donors (Lipinski definition) is 1. The molecule has 0 saturated heterocycles. The molecule has 0 aromatic rings. The van der Waals surface area contributed by atoms with Crippen LogP contribution in [0.1, 0.15) is 26.7 Å². The zero-order valence-corrected chi connectivity index (χ0v) is 13.1. The minimum Gasteiger partial charge on any atom is -0.319 e. The van der Waals surface area contributed by atoms with E-state index in [1.165, 1.54) is 5.71 Å². The van der Waals surface area contributed by atoms with Crippen molar-refractivity contribution in [3.05, 3.63) is 12.3 Å². The first-order chi connectivity index (χ1) is 9.58. The molecule has 0 amide bonds. The van der Waals surface area contributed by atoms with Crippen molar-refractivity contribution < 1.29 is 0 Å². The van der Waals surface area contributed by atoms with Crippen molar-refractivity contribution in [1.82, 2.24) is 10.2 Å². The Hall–Kier alpha value is -1.20. The number of aliphatic imine (C=N–C) groups is 3. The van der Waals surface area contributed by atoms with Crippen molar-refractivity contribution >= 4 is 28.4 Å². The fraction of sp³-hybridized carbons (Fsp3) is 0.643. The lowest BCUT2D eigenvalue weighted by molar-refractivity contribution is 0.278. The highest BCUT2D eigenvalue weighted by molar-refractivity contribution is 6.66. The van der Waals surface area contributed by atoms with Crippen LogP contribution < -0.4 is 5.32 Å². The van der Waals surface area contributed by atoms with Gasteiger partial charge in [0, 0.05) is 31.3 Å². The maximum Gasteiger partial charge on any atom is 0.196 e. The second-order valence-corrected chi connectivity index (χ2v) is 5.81. The maximum absolute atomic E-state index is 5.81. The Balaban J connectivity index is 1.87. The molecule has 0 spiro atoms. The first-order valence-electron chi connectivity index (χ1n) is 7.00. The predicted octanol–water partition coefficient (Wildman–Crippen LogP) is 2.25. The van der Waals surface area contributed by atoms with Gasteiger partial charge in [-0.3, -0.25) is 14.9 Å². The van der Waals surface area contributed by atoms with Crippen LogP contribution >= 0.6 is 11.6 Å². The molecule has 0 aliphatic carbocycles. The summed E-state index contributed by atoms with van der Waals surface area (Å²) in [5, 5.41) is 3.38. The zero-order chi connectivity index (χ0) is 14.5. The third kappa shape index (κ3) is 3.90. The molecule has 1 atom stereocenters. The minimum atomic E-state index is 0.421. The van der Waals surface area contributed by atoms with Gasteiger partial charge in [0.25, 0.3) is 0 Å². The van der Waals surface area contributed by atoms with Gasteiger partial charge in [0.05, 0.1) is 12.7 Å². The van der Waals surface area contributed by atoms with E-state index in [-0.39, 0.29) is 0 Å². The van der Waals surface area contributed by atoms with Gasteiger partial charge in [-0.05, 0) is 24.6 Å². The lowest BCUT2D eigenvalue weighted by atomic mass is 9.97. The predicted molar refractivity (Wildman–Crippen MR) is 85.8 cm³/mol. The van der Waals surface area contributed by atoms with E-state index in [9.17, 15) is 0 Å². The van der Waals surface area contributed by atoms with Crippen LogP contribution in [0.5, 0.6) is 0 Å². The van der Waals surface area contributed by atoms with Gasteiger partial charge >= 0.3 is 0 Å². The number of rotatable bonds is 4. The Bertz CT molecular complexity index is 464. The van der Waals surface area contributed by atoms with Crippen molar-refractivity contribution in [3.63, 3.8) is 0 Å². The summed E-state index contributed by atoms with van der Waals surface area (Å²) in [6, 6.07) is 0.446. The molecular formula is C14H22ClN5. The van der Waals surface area contributed by atoms with E-state index in [0.29, 0.717) is 23.8 Å². The summed E-state index contributed by atoms with van der Waals surface area (Å²) in [7, 11) is 2.12. The number of halogens is 1. The summed E-state index contributed by atoms with van der Waals surface area (Å²) in [6.07, 6.45) is 5.54. The Labute approximate surface area is 125 Å². The van der Waals surface area contributed by atoms with Crippen LogP contribution in [0.25, 0.3) is 0 Å². The van der Waals surface area contributed by atoms with Crippen LogP contribution in [-0.2, 0) is 0 Å². The molecule has 1 N–H and O–H groups in total. The SMILES string of the molecule is CC(C)C1C(C/C=C/N=C2CCN=C(Cl)N2)=NCN1C. The largest absolute Gasteiger partial charge is 0.319 e. The van der Waals surface area contributed by atoms with Gasteiger partial charge in [0.1, 0.15) is 5.84 Å². The van der Waals surface area contributed by atoms with E-state index in [1.807, 2.05) is 6.20 Å². The highest BCUT2D eigenvalue weighted by Gasteiger charge is 2.27. The number of nitrogens with one attached hydrogen (secondary N) is 1. The van der Waals surface area contributed by atoms with Gasteiger partial charge in [0.2, 0.25) is 0 Å². The molecule has 2 heterocycles. The van der Waals surface area contributed by atoms with Gasteiger partial charge in [-0.2, -0.15) is 0 Å². The van der Waals surface area contributed by atoms with E-state index in [4.69, 9.17) is 11.6 Å². The monoisotopic (exact) mass is 295 g/mol. The quantitative estimate of drug-likeness (QED) is 0.809. The van der Waals surface area contributed by atoms with Crippen molar-refractivity contribution in [3.8, 4) is 0 Å². The number of amidine groups is 2. The number of nitrogens with zero attached hydrogens (tertiary/aromatic N) is 4. The third-order valence-electron chi connectivity index (χ3n) is 3.45. The lowest BCUT2D eigenvalue weighted by Gasteiger charge is -2.24. The summed E-state index contributed by atoms with van der Waals surface area (Å²) in [5.74, 6) is 1.45. The molecule has 6 heteroatoms. The van der Waals surface area contributed by atoms with Gasteiger partial charge in [-0.15, -0.1) is 0 Å². The highest BCUT2D eigenvalue weighted by Crippen LogP contribution is 2.18. The molecule has 0 saturated carbocycles. The van der Waals surface area contributed by atoms with Gasteiger partial charge < -0.3 is 5.32 Å². The van der Waals surface area contributed by atoms with Crippen LogP contribution in [0.4, 0.5) is 0 Å². The first-order valence-corrected chi connectivity index (χ1v) is 7.38. The van der Waals surface area contributed by atoms with Gasteiger partial charge in [0.15, 0.2) is 5.29 Å². The summed E-state index contributed by atoms with van der Waals surface area (Å²) >= 11 is 5.81. The van der Waals surface area contributed by atoms with Gasteiger partial charge in [-0.25, -0.2) is 4.99 Å². The van der Waals surface area contributed by atoms with Crippen LogP contribution in [0.2, 0.25) is 0 Å². The molecule has 0 radical (unpaired) electrons. The Morgan fingerprint density at radius 3 is 3.00 bits per heavy atom. The van der Waals surface area contributed by atoms with Crippen LogP contribution in [0, 0.1) is 5.92 Å².